The Bertz CT molecular complexity index is 148. The predicted molar refractivity (Wildman–Crippen MR) is 49.8 cm³/mol. The van der Waals surface area contributed by atoms with Crippen LogP contribution in [0.15, 0.2) is 4.99 Å². The van der Waals surface area contributed by atoms with Crippen LogP contribution in [0.1, 0.15) is 20.8 Å². The van der Waals surface area contributed by atoms with Crippen molar-refractivity contribution in [3.63, 3.8) is 0 Å². The van der Waals surface area contributed by atoms with E-state index in [-0.39, 0.29) is 5.54 Å². The molecule has 0 aromatic rings. The summed E-state index contributed by atoms with van der Waals surface area (Å²) >= 11 is 2.90. The Morgan fingerprint density at radius 1 is 1.45 bits per heavy atom. The van der Waals surface area contributed by atoms with Crippen molar-refractivity contribution in [2.24, 2.45) is 4.99 Å². The van der Waals surface area contributed by atoms with E-state index in [0.29, 0.717) is 0 Å². The van der Waals surface area contributed by atoms with Gasteiger partial charge in [-0.3, -0.25) is 0 Å². The van der Waals surface area contributed by atoms with Crippen molar-refractivity contribution in [2.75, 3.05) is 14.1 Å². The zero-order valence-corrected chi connectivity index (χ0v) is 9.52. The van der Waals surface area contributed by atoms with Gasteiger partial charge in [-0.25, -0.2) is 0 Å². The van der Waals surface area contributed by atoms with Gasteiger partial charge in [-0.05, 0) is 0 Å². The van der Waals surface area contributed by atoms with Crippen molar-refractivity contribution in [2.45, 2.75) is 26.3 Å². The molecule has 1 N–H and O–H groups in total. The van der Waals surface area contributed by atoms with Crippen molar-refractivity contribution in [3.8, 4) is 0 Å². The van der Waals surface area contributed by atoms with Gasteiger partial charge in [0, 0.05) is 0 Å². The molecule has 0 aromatic carbocycles. The zero-order valence-electron chi connectivity index (χ0n) is 7.80. The molecule has 0 aliphatic carbocycles. The molecule has 0 atom stereocenters. The van der Waals surface area contributed by atoms with Crippen LogP contribution < -0.4 is 5.43 Å². The van der Waals surface area contributed by atoms with Gasteiger partial charge in [-0.15, -0.1) is 0 Å². The van der Waals surface area contributed by atoms with E-state index in [4.69, 9.17) is 0 Å². The van der Waals surface area contributed by atoms with E-state index in [1.54, 1.807) is 0 Å². The summed E-state index contributed by atoms with van der Waals surface area (Å²) in [4.78, 5) is 4.40. The SMILES string of the molecule is CNN(C)C([Se])=NC(C)(C)C. The first-order valence-corrected chi connectivity index (χ1v) is 4.40. The molecule has 0 saturated heterocycles. The summed E-state index contributed by atoms with van der Waals surface area (Å²) < 4.78 is 0.875. The molecule has 4 heteroatoms. The Balaban J connectivity index is 4.22. The van der Waals surface area contributed by atoms with Crippen LogP contribution in [0.3, 0.4) is 0 Å². The molecule has 0 aliphatic heterocycles. The van der Waals surface area contributed by atoms with Crippen LogP contribution >= 0.6 is 0 Å². The number of amidine groups is 1. The Morgan fingerprint density at radius 3 is 2.18 bits per heavy atom. The van der Waals surface area contributed by atoms with E-state index < -0.39 is 0 Å². The fourth-order valence-corrected chi connectivity index (χ4v) is 1.22. The molecule has 0 amide bonds. The molecule has 0 aromatic heterocycles. The van der Waals surface area contributed by atoms with Gasteiger partial charge in [0.15, 0.2) is 0 Å². The molecule has 0 spiro atoms. The molecule has 11 heavy (non-hydrogen) atoms. The summed E-state index contributed by atoms with van der Waals surface area (Å²) in [5.74, 6) is 0. The molecule has 0 saturated carbocycles. The summed E-state index contributed by atoms with van der Waals surface area (Å²) in [7, 11) is 3.77. The number of rotatable bonds is 1. The molecule has 0 aliphatic rings. The molecule has 0 unspecified atom stereocenters. The van der Waals surface area contributed by atoms with Crippen LogP contribution in [0.2, 0.25) is 0 Å². The summed E-state index contributed by atoms with van der Waals surface area (Å²) in [6.45, 7) is 6.19. The first kappa shape index (κ1) is 10.9. The number of nitrogens with one attached hydrogen (secondary N) is 1. The van der Waals surface area contributed by atoms with Crippen LogP contribution in [-0.2, 0) is 0 Å². The van der Waals surface area contributed by atoms with Gasteiger partial charge in [0.2, 0.25) is 0 Å². The Kier molecular flexibility index (Phi) is 4.08. The van der Waals surface area contributed by atoms with Crippen molar-refractivity contribution >= 4 is 20.7 Å². The number of hydrogen-bond donors (Lipinski definition) is 1. The summed E-state index contributed by atoms with van der Waals surface area (Å²) in [6, 6.07) is 0. The van der Waals surface area contributed by atoms with Gasteiger partial charge in [0.25, 0.3) is 0 Å². The van der Waals surface area contributed by atoms with Crippen LogP contribution in [-0.4, -0.2) is 45.4 Å². The Hall–Kier alpha value is -0.0505. The van der Waals surface area contributed by atoms with Crippen LogP contribution in [0.5, 0.6) is 0 Å². The summed E-state index contributed by atoms with van der Waals surface area (Å²) in [5.41, 5.74) is 2.94. The van der Waals surface area contributed by atoms with Crippen molar-refractivity contribution in [1.29, 1.82) is 0 Å². The third kappa shape index (κ3) is 5.24. The third-order valence-corrected chi connectivity index (χ3v) is 1.82. The van der Waals surface area contributed by atoms with E-state index in [2.05, 4.69) is 47.2 Å². The monoisotopic (exact) mass is 222 g/mol. The van der Waals surface area contributed by atoms with Gasteiger partial charge < -0.3 is 0 Å². The molecular formula is C7H16N3Se. The van der Waals surface area contributed by atoms with Gasteiger partial charge in [-0.2, -0.15) is 0 Å². The normalized spacial score (nSPS) is 13.4. The molecular weight excluding hydrogens is 205 g/mol. The maximum atomic E-state index is 4.40. The predicted octanol–water partition coefficient (Wildman–Crippen LogP) is 0.376. The fraction of sp³-hybridized carbons (Fsp3) is 0.857. The number of hydrazine groups is 1. The second-order valence-electron chi connectivity index (χ2n) is 3.35. The first-order valence-electron chi connectivity index (χ1n) is 3.55. The zero-order chi connectivity index (χ0) is 9.07. The molecule has 1 radical (unpaired) electrons. The van der Waals surface area contributed by atoms with E-state index in [9.17, 15) is 0 Å². The molecule has 3 nitrogen and oxygen atoms in total. The van der Waals surface area contributed by atoms with Crippen LogP contribution in [0, 0.1) is 0 Å². The van der Waals surface area contributed by atoms with Gasteiger partial charge in [0.1, 0.15) is 0 Å². The minimum absolute atomic E-state index is 0.0221. The van der Waals surface area contributed by atoms with E-state index >= 15 is 0 Å². The van der Waals surface area contributed by atoms with Crippen molar-refractivity contribution in [3.05, 3.63) is 0 Å². The van der Waals surface area contributed by atoms with Crippen molar-refractivity contribution in [1.82, 2.24) is 10.4 Å². The molecule has 0 bridgehead atoms. The van der Waals surface area contributed by atoms with Gasteiger partial charge in [-0.1, -0.05) is 0 Å². The molecule has 0 rings (SSSR count). The third-order valence-electron chi connectivity index (χ3n) is 1.05. The average Bonchev–Trinajstić information content (AvgIpc) is 1.82. The molecule has 0 heterocycles. The topological polar surface area (TPSA) is 27.6 Å². The standard InChI is InChI=1S/C7H16N3Se/c1-7(2,3)9-6(11)10(5)8-4/h8H,1-5H3. The van der Waals surface area contributed by atoms with E-state index in [1.807, 2.05) is 19.1 Å². The molecule has 0 fully saturated rings. The maximum absolute atomic E-state index is 4.40. The van der Waals surface area contributed by atoms with E-state index in [0.717, 1.165) is 4.73 Å². The first-order chi connectivity index (χ1) is 4.87. The summed E-state index contributed by atoms with van der Waals surface area (Å²) in [6.07, 6.45) is 0. The minimum atomic E-state index is -0.0221. The van der Waals surface area contributed by atoms with Crippen molar-refractivity contribution < 1.29 is 0 Å². The number of nitrogens with zero attached hydrogens (tertiary/aromatic N) is 2. The fourth-order valence-electron chi connectivity index (χ4n) is 0.458. The molecule has 65 valence electrons. The van der Waals surface area contributed by atoms with Crippen LogP contribution in [0.25, 0.3) is 0 Å². The quantitative estimate of drug-likeness (QED) is 0.300. The second kappa shape index (κ2) is 4.10. The van der Waals surface area contributed by atoms with Crippen LogP contribution in [0.4, 0.5) is 0 Å². The van der Waals surface area contributed by atoms with Gasteiger partial charge in [0.05, 0.1) is 0 Å². The number of aliphatic imine (C=N–C) groups is 1. The second-order valence-corrected chi connectivity index (χ2v) is 4.11. The van der Waals surface area contributed by atoms with E-state index in [1.165, 1.54) is 0 Å². The van der Waals surface area contributed by atoms with Gasteiger partial charge >= 0.3 is 76.6 Å². The number of hydrogen-bond acceptors (Lipinski definition) is 2. The Labute approximate surface area is 77.0 Å². The Morgan fingerprint density at radius 2 is 1.91 bits per heavy atom. The summed E-state index contributed by atoms with van der Waals surface area (Å²) in [5, 5.41) is 1.84. The average molecular weight is 221 g/mol.